The lowest BCUT2D eigenvalue weighted by molar-refractivity contribution is -0.00294. The second-order valence-electron chi connectivity index (χ2n) is 5.84. The van der Waals surface area contributed by atoms with Crippen LogP contribution in [0.5, 0.6) is 0 Å². The Morgan fingerprint density at radius 1 is 1.52 bits per heavy atom. The van der Waals surface area contributed by atoms with Crippen molar-refractivity contribution < 1.29 is 13.9 Å². The summed E-state index contributed by atoms with van der Waals surface area (Å²) in [4.78, 5) is 18.2. The summed E-state index contributed by atoms with van der Waals surface area (Å²) >= 11 is 0. The Labute approximate surface area is 125 Å². The highest BCUT2D eigenvalue weighted by molar-refractivity contribution is 5.95. The quantitative estimate of drug-likeness (QED) is 0.756. The zero-order chi connectivity index (χ0) is 15.2. The van der Waals surface area contributed by atoms with E-state index in [2.05, 4.69) is 9.88 Å². The molecule has 4 nitrogen and oxygen atoms in total. The Morgan fingerprint density at radius 2 is 2.33 bits per heavy atom. The largest absolute Gasteiger partial charge is 0.377 e. The van der Waals surface area contributed by atoms with Gasteiger partial charge < -0.3 is 9.64 Å². The summed E-state index contributed by atoms with van der Waals surface area (Å²) in [5.74, 6) is -0.645. The third-order valence-electron chi connectivity index (χ3n) is 3.80. The zero-order valence-corrected chi connectivity index (χ0v) is 12.7. The highest BCUT2D eigenvalue weighted by Crippen LogP contribution is 2.15. The molecule has 2 heterocycles. The van der Waals surface area contributed by atoms with Crippen LogP contribution in [-0.4, -0.2) is 48.5 Å². The van der Waals surface area contributed by atoms with Gasteiger partial charge in [-0.25, -0.2) is 4.39 Å². The average molecular weight is 294 g/mol. The van der Waals surface area contributed by atoms with Gasteiger partial charge in [0, 0.05) is 25.6 Å². The van der Waals surface area contributed by atoms with Crippen LogP contribution in [0.3, 0.4) is 0 Å². The summed E-state index contributed by atoms with van der Waals surface area (Å²) in [6, 6.07) is 2.71. The Balaban J connectivity index is 1.83. The molecule has 5 heteroatoms. The van der Waals surface area contributed by atoms with Crippen molar-refractivity contribution in [1.29, 1.82) is 0 Å². The number of nitrogens with zero attached hydrogens (tertiary/aromatic N) is 2. The van der Waals surface area contributed by atoms with Gasteiger partial charge in [0.15, 0.2) is 5.78 Å². The molecule has 1 fully saturated rings. The van der Waals surface area contributed by atoms with E-state index in [1.165, 1.54) is 18.6 Å². The number of carbonyl (C=O) groups excluding carboxylic acids is 1. The summed E-state index contributed by atoms with van der Waals surface area (Å²) < 4.78 is 18.5. The SMILES string of the molecule is CC(CN(C)CC1CCCCO1)C(=O)c1ccc(F)cn1. The molecule has 21 heavy (non-hydrogen) atoms. The predicted octanol–water partition coefficient (Wildman–Crippen LogP) is 2.54. The van der Waals surface area contributed by atoms with Gasteiger partial charge in [-0.05, 0) is 38.4 Å². The first-order chi connectivity index (χ1) is 10.1. The number of aromatic nitrogens is 1. The van der Waals surface area contributed by atoms with Crippen molar-refractivity contribution in [2.24, 2.45) is 5.92 Å². The topological polar surface area (TPSA) is 42.4 Å². The Kier molecular flexibility index (Phi) is 5.82. The summed E-state index contributed by atoms with van der Waals surface area (Å²) in [5.41, 5.74) is 0.325. The molecule has 1 aliphatic rings. The van der Waals surface area contributed by atoms with Crippen molar-refractivity contribution >= 4 is 5.78 Å². The Hall–Kier alpha value is -1.33. The number of carbonyl (C=O) groups is 1. The van der Waals surface area contributed by atoms with E-state index in [4.69, 9.17) is 4.74 Å². The van der Waals surface area contributed by atoms with E-state index < -0.39 is 5.82 Å². The molecule has 116 valence electrons. The molecular formula is C16H23FN2O2. The minimum Gasteiger partial charge on any atom is -0.377 e. The van der Waals surface area contributed by atoms with Crippen LogP contribution in [0.4, 0.5) is 4.39 Å². The van der Waals surface area contributed by atoms with Gasteiger partial charge >= 0.3 is 0 Å². The second kappa shape index (κ2) is 7.61. The summed E-state index contributed by atoms with van der Waals surface area (Å²) in [5, 5.41) is 0. The van der Waals surface area contributed by atoms with Gasteiger partial charge in [-0.2, -0.15) is 0 Å². The molecular weight excluding hydrogens is 271 g/mol. The van der Waals surface area contributed by atoms with Gasteiger partial charge in [-0.3, -0.25) is 9.78 Å². The summed E-state index contributed by atoms with van der Waals surface area (Å²) in [7, 11) is 2.00. The summed E-state index contributed by atoms with van der Waals surface area (Å²) in [6.07, 6.45) is 4.80. The highest BCUT2D eigenvalue weighted by atomic mass is 19.1. The van der Waals surface area contributed by atoms with Crippen LogP contribution in [0, 0.1) is 11.7 Å². The zero-order valence-electron chi connectivity index (χ0n) is 12.7. The number of hydrogen-bond acceptors (Lipinski definition) is 4. The fourth-order valence-electron chi connectivity index (χ4n) is 2.70. The molecule has 1 aromatic heterocycles. The summed E-state index contributed by atoms with van der Waals surface area (Å²) in [6.45, 7) is 4.21. The smallest absolute Gasteiger partial charge is 0.185 e. The standard InChI is InChI=1S/C16H23FN2O2/c1-12(16(20)15-7-6-13(17)9-18-15)10-19(2)11-14-5-3-4-8-21-14/h6-7,9,12,14H,3-5,8,10-11H2,1-2H3. The number of hydrogen-bond donors (Lipinski definition) is 0. The molecule has 0 aliphatic carbocycles. The van der Waals surface area contributed by atoms with Crippen LogP contribution in [0.2, 0.25) is 0 Å². The fourth-order valence-corrected chi connectivity index (χ4v) is 2.70. The fraction of sp³-hybridized carbons (Fsp3) is 0.625. The maximum absolute atomic E-state index is 12.8. The number of ketones is 1. The van der Waals surface area contributed by atoms with E-state index in [0.29, 0.717) is 12.2 Å². The van der Waals surface area contributed by atoms with E-state index in [0.717, 1.165) is 32.2 Å². The van der Waals surface area contributed by atoms with Crippen molar-refractivity contribution in [3.05, 3.63) is 29.8 Å². The lowest BCUT2D eigenvalue weighted by Gasteiger charge is -2.28. The Bertz CT molecular complexity index is 458. The molecule has 2 rings (SSSR count). The van der Waals surface area contributed by atoms with E-state index >= 15 is 0 Å². The number of halogens is 1. The average Bonchev–Trinajstić information content (AvgIpc) is 2.48. The van der Waals surface area contributed by atoms with Crippen LogP contribution >= 0.6 is 0 Å². The van der Waals surface area contributed by atoms with Crippen LogP contribution in [0.1, 0.15) is 36.7 Å². The van der Waals surface area contributed by atoms with Crippen molar-refractivity contribution in [2.75, 3.05) is 26.7 Å². The highest BCUT2D eigenvalue weighted by Gasteiger charge is 2.21. The molecule has 2 unspecified atom stereocenters. The van der Waals surface area contributed by atoms with Crippen molar-refractivity contribution in [2.45, 2.75) is 32.3 Å². The van der Waals surface area contributed by atoms with E-state index in [1.807, 2.05) is 14.0 Å². The minimum atomic E-state index is -0.425. The van der Waals surface area contributed by atoms with E-state index in [9.17, 15) is 9.18 Å². The molecule has 0 N–H and O–H groups in total. The van der Waals surface area contributed by atoms with Gasteiger partial charge in [-0.1, -0.05) is 6.92 Å². The maximum Gasteiger partial charge on any atom is 0.185 e. The first-order valence-electron chi connectivity index (χ1n) is 7.52. The molecule has 1 aliphatic heterocycles. The molecule has 0 amide bonds. The van der Waals surface area contributed by atoms with Crippen molar-refractivity contribution in [1.82, 2.24) is 9.88 Å². The van der Waals surface area contributed by atoms with E-state index in [-0.39, 0.29) is 17.8 Å². The molecule has 0 saturated carbocycles. The first kappa shape index (κ1) is 16.0. The number of ether oxygens (including phenoxy) is 1. The van der Waals surface area contributed by atoms with E-state index in [1.54, 1.807) is 0 Å². The number of rotatable bonds is 6. The third-order valence-corrected chi connectivity index (χ3v) is 3.80. The van der Waals surface area contributed by atoms with Crippen LogP contribution in [0.25, 0.3) is 0 Å². The lowest BCUT2D eigenvalue weighted by atomic mass is 10.0. The number of pyridine rings is 1. The van der Waals surface area contributed by atoms with Gasteiger partial charge in [0.05, 0.1) is 12.3 Å². The van der Waals surface area contributed by atoms with Gasteiger partial charge in [-0.15, -0.1) is 0 Å². The monoisotopic (exact) mass is 294 g/mol. The molecule has 1 saturated heterocycles. The lowest BCUT2D eigenvalue weighted by Crippen LogP contribution is -2.37. The van der Waals surface area contributed by atoms with Gasteiger partial charge in [0.1, 0.15) is 11.5 Å². The molecule has 0 spiro atoms. The van der Waals surface area contributed by atoms with Crippen LogP contribution < -0.4 is 0 Å². The van der Waals surface area contributed by atoms with Crippen molar-refractivity contribution in [3.8, 4) is 0 Å². The number of Topliss-reactive ketones (excluding diaryl/α,β-unsaturated/α-hetero) is 1. The maximum atomic E-state index is 12.8. The predicted molar refractivity (Wildman–Crippen MR) is 78.8 cm³/mol. The van der Waals surface area contributed by atoms with Crippen LogP contribution in [0.15, 0.2) is 18.3 Å². The second-order valence-corrected chi connectivity index (χ2v) is 5.84. The van der Waals surface area contributed by atoms with Crippen LogP contribution in [-0.2, 0) is 4.74 Å². The van der Waals surface area contributed by atoms with Gasteiger partial charge in [0.2, 0.25) is 0 Å². The van der Waals surface area contributed by atoms with Gasteiger partial charge in [0.25, 0.3) is 0 Å². The first-order valence-corrected chi connectivity index (χ1v) is 7.52. The molecule has 1 aromatic rings. The number of likely N-dealkylation sites (N-methyl/N-ethyl adjacent to an activating group) is 1. The molecule has 2 atom stereocenters. The molecule has 0 aromatic carbocycles. The Morgan fingerprint density at radius 3 is 2.95 bits per heavy atom. The molecule has 0 bridgehead atoms. The normalized spacial score (nSPS) is 20.5. The molecule has 0 radical (unpaired) electrons. The minimum absolute atomic E-state index is 0.0496. The van der Waals surface area contributed by atoms with Crippen molar-refractivity contribution in [3.63, 3.8) is 0 Å². The third kappa shape index (κ3) is 4.86.